The summed E-state index contributed by atoms with van der Waals surface area (Å²) in [6.45, 7) is 0. The Labute approximate surface area is 332 Å². The van der Waals surface area contributed by atoms with Crippen LogP contribution < -0.4 is 0 Å². The maximum absolute atomic E-state index is 5.26. The third kappa shape index (κ3) is 5.07. The Hall–Kier alpha value is -7.30. The van der Waals surface area contributed by atoms with E-state index in [2.05, 4.69) is 205 Å². The normalized spacial score (nSPS) is 15.6. The lowest BCUT2D eigenvalue weighted by Gasteiger charge is -2.34. The van der Waals surface area contributed by atoms with Crippen LogP contribution in [0.15, 0.2) is 216 Å². The Balaban J connectivity index is 1.13. The number of para-hydroxylation sites is 1. The molecule has 4 nitrogen and oxygen atoms in total. The van der Waals surface area contributed by atoms with E-state index in [0.717, 1.165) is 45.1 Å². The zero-order chi connectivity index (χ0) is 37.9. The van der Waals surface area contributed by atoms with Gasteiger partial charge < -0.3 is 9.47 Å². The Morgan fingerprint density at radius 2 is 1.07 bits per heavy atom. The molecule has 1 aromatic heterocycles. The van der Waals surface area contributed by atoms with Gasteiger partial charge in [0.15, 0.2) is 5.84 Å². The van der Waals surface area contributed by atoms with Crippen LogP contribution >= 0.6 is 0 Å². The molecule has 0 amide bonds. The molecule has 0 fully saturated rings. The van der Waals surface area contributed by atoms with E-state index in [1.54, 1.807) is 0 Å². The molecule has 2 heterocycles. The van der Waals surface area contributed by atoms with Gasteiger partial charge >= 0.3 is 0 Å². The first-order valence-corrected chi connectivity index (χ1v) is 19.6. The van der Waals surface area contributed by atoms with Gasteiger partial charge in [-0.2, -0.15) is 0 Å². The summed E-state index contributed by atoms with van der Waals surface area (Å²) < 4.78 is 2.44. The van der Waals surface area contributed by atoms with Crippen LogP contribution in [-0.2, 0) is 5.41 Å². The highest BCUT2D eigenvalue weighted by molar-refractivity contribution is 6.14. The first-order valence-electron chi connectivity index (χ1n) is 19.6. The Morgan fingerprint density at radius 3 is 1.81 bits per heavy atom. The summed E-state index contributed by atoms with van der Waals surface area (Å²) in [5, 5.41) is 2.44. The Bertz CT molecular complexity index is 2990. The van der Waals surface area contributed by atoms with Crippen molar-refractivity contribution < 1.29 is 0 Å². The summed E-state index contributed by atoms with van der Waals surface area (Å²) in [4.78, 5) is 12.7. The molecule has 1 aliphatic heterocycles. The molecular formula is C53H38N4. The lowest BCUT2D eigenvalue weighted by molar-refractivity contribution is 0.383. The number of fused-ring (bicyclic) bond motifs is 6. The highest BCUT2D eigenvalue weighted by atomic mass is 15.3. The second kappa shape index (κ2) is 13.2. The molecule has 270 valence electrons. The van der Waals surface area contributed by atoms with E-state index >= 15 is 0 Å². The molecule has 0 bridgehead atoms. The summed E-state index contributed by atoms with van der Waals surface area (Å²) in [5.41, 5.74) is 13.7. The predicted molar refractivity (Wildman–Crippen MR) is 235 cm³/mol. The fourth-order valence-corrected chi connectivity index (χ4v) is 9.42. The predicted octanol–water partition coefficient (Wildman–Crippen LogP) is 12.0. The quantitative estimate of drug-likeness (QED) is 0.168. The van der Waals surface area contributed by atoms with Crippen LogP contribution in [0.1, 0.15) is 45.1 Å². The van der Waals surface area contributed by atoms with E-state index in [1.165, 1.54) is 44.2 Å². The number of amidine groups is 2. The number of aromatic nitrogens is 1. The van der Waals surface area contributed by atoms with Crippen molar-refractivity contribution in [2.45, 2.75) is 11.6 Å². The van der Waals surface area contributed by atoms with Crippen LogP contribution in [0.3, 0.4) is 0 Å². The van der Waals surface area contributed by atoms with Crippen molar-refractivity contribution in [3.8, 4) is 16.8 Å². The molecule has 0 saturated heterocycles. The highest BCUT2D eigenvalue weighted by Crippen LogP contribution is 2.56. The summed E-state index contributed by atoms with van der Waals surface area (Å²) in [6.07, 6.45) is -0.222. The monoisotopic (exact) mass is 730 g/mol. The maximum Gasteiger partial charge on any atom is 0.159 e. The zero-order valence-corrected chi connectivity index (χ0v) is 31.5. The lowest BCUT2D eigenvalue weighted by atomic mass is 9.67. The molecule has 1 unspecified atom stereocenters. The lowest BCUT2D eigenvalue weighted by Crippen LogP contribution is -2.35. The van der Waals surface area contributed by atoms with Crippen LogP contribution in [0.4, 0.5) is 0 Å². The number of nitrogens with zero attached hydrogens (tertiary/aromatic N) is 4. The van der Waals surface area contributed by atoms with Gasteiger partial charge in [-0.1, -0.05) is 182 Å². The van der Waals surface area contributed by atoms with Gasteiger partial charge in [-0.25, -0.2) is 9.98 Å². The molecule has 0 N–H and O–H groups in total. The van der Waals surface area contributed by atoms with E-state index in [9.17, 15) is 0 Å². The topological polar surface area (TPSA) is 32.9 Å². The number of hydrogen-bond donors (Lipinski definition) is 0. The van der Waals surface area contributed by atoms with Crippen molar-refractivity contribution in [3.63, 3.8) is 0 Å². The van der Waals surface area contributed by atoms with Crippen molar-refractivity contribution in [2.24, 2.45) is 9.98 Å². The van der Waals surface area contributed by atoms with E-state index in [4.69, 9.17) is 9.98 Å². The largest absolute Gasteiger partial charge is 0.333 e. The number of aliphatic imine (C=N–C) groups is 2. The molecule has 8 aromatic carbocycles. The summed E-state index contributed by atoms with van der Waals surface area (Å²) in [7, 11) is 2.10. The van der Waals surface area contributed by atoms with Crippen LogP contribution in [0.25, 0.3) is 38.6 Å². The van der Waals surface area contributed by atoms with Crippen molar-refractivity contribution in [2.75, 3.05) is 7.05 Å². The number of hydrogen-bond acceptors (Lipinski definition) is 3. The smallest absolute Gasteiger partial charge is 0.159 e. The molecular weight excluding hydrogens is 693 g/mol. The third-order valence-corrected chi connectivity index (χ3v) is 11.9. The number of benzene rings is 8. The minimum absolute atomic E-state index is 0.222. The van der Waals surface area contributed by atoms with Crippen molar-refractivity contribution in [1.29, 1.82) is 0 Å². The van der Waals surface area contributed by atoms with Crippen molar-refractivity contribution in [3.05, 3.63) is 245 Å². The van der Waals surface area contributed by atoms with Crippen molar-refractivity contribution in [1.82, 2.24) is 9.47 Å². The molecule has 57 heavy (non-hydrogen) atoms. The molecule has 11 rings (SSSR count). The zero-order valence-electron chi connectivity index (χ0n) is 31.5. The summed E-state index contributed by atoms with van der Waals surface area (Å²) >= 11 is 0. The van der Waals surface area contributed by atoms with Crippen LogP contribution in [-0.4, -0.2) is 28.2 Å². The first-order chi connectivity index (χ1) is 28.2. The highest BCUT2D eigenvalue weighted by Gasteiger charge is 2.46. The fourth-order valence-electron chi connectivity index (χ4n) is 9.42. The average molecular weight is 731 g/mol. The van der Waals surface area contributed by atoms with Gasteiger partial charge in [-0.15, -0.1) is 0 Å². The van der Waals surface area contributed by atoms with Gasteiger partial charge in [0.25, 0.3) is 0 Å². The van der Waals surface area contributed by atoms with Crippen molar-refractivity contribution >= 4 is 33.5 Å². The van der Waals surface area contributed by atoms with E-state index in [1.807, 2.05) is 18.2 Å². The molecule has 4 heteroatoms. The van der Waals surface area contributed by atoms with E-state index < -0.39 is 5.41 Å². The van der Waals surface area contributed by atoms with Gasteiger partial charge in [-0.05, 0) is 63.2 Å². The molecule has 0 spiro atoms. The van der Waals surface area contributed by atoms with Gasteiger partial charge in [0.1, 0.15) is 12.0 Å². The van der Waals surface area contributed by atoms with Crippen LogP contribution in [0.2, 0.25) is 0 Å². The summed E-state index contributed by atoms with van der Waals surface area (Å²) in [6, 6.07) is 74.5. The van der Waals surface area contributed by atoms with Gasteiger partial charge in [0, 0.05) is 34.6 Å². The first kappa shape index (κ1) is 33.1. The molecule has 0 radical (unpaired) electrons. The SMILES string of the molecule is CN1C(c2cccc(-n3c4ccccc4c4ccc(C5(c6ccccc6)c6ccccc6-c6ccccc65)cc43)c2)=NC(c2ccccc2)=NC1c1ccccc1. The summed E-state index contributed by atoms with van der Waals surface area (Å²) in [5.74, 6) is 1.61. The van der Waals surface area contributed by atoms with E-state index in [0.29, 0.717) is 0 Å². The second-order valence-corrected chi connectivity index (χ2v) is 15.0. The Kier molecular flexibility index (Phi) is 7.65. The average Bonchev–Trinajstić information content (AvgIpc) is 3.78. The van der Waals surface area contributed by atoms with Gasteiger partial charge in [0.2, 0.25) is 0 Å². The molecule has 1 atom stereocenters. The third-order valence-electron chi connectivity index (χ3n) is 11.9. The maximum atomic E-state index is 5.26. The standard InChI is InChI=1S/C53H38N4/c1-56-51(37-20-7-3-8-21-37)54-50(36-18-5-2-6-19-36)55-52(56)38-22-17-25-41(34-38)57-48-31-16-13-28-44(48)45-33-32-40(35-49(45)57)53(39-23-9-4-10-24-39)46-29-14-11-26-42(46)43-27-12-15-30-47(43)53/h2-35,51H,1H3. The second-order valence-electron chi connectivity index (χ2n) is 15.0. The Morgan fingerprint density at radius 1 is 0.474 bits per heavy atom. The minimum atomic E-state index is -0.495. The molecule has 0 saturated carbocycles. The fraction of sp³-hybridized carbons (Fsp3) is 0.0566. The van der Waals surface area contributed by atoms with Crippen LogP contribution in [0.5, 0.6) is 0 Å². The van der Waals surface area contributed by atoms with E-state index in [-0.39, 0.29) is 6.17 Å². The van der Waals surface area contributed by atoms with Crippen LogP contribution in [0, 0.1) is 0 Å². The number of rotatable bonds is 6. The molecule has 2 aliphatic rings. The van der Waals surface area contributed by atoms with Gasteiger partial charge in [-0.3, -0.25) is 0 Å². The van der Waals surface area contributed by atoms with Gasteiger partial charge in [0.05, 0.1) is 16.4 Å². The minimum Gasteiger partial charge on any atom is -0.333 e. The molecule has 9 aromatic rings. The molecule has 1 aliphatic carbocycles.